The Kier molecular flexibility index (Phi) is 5.57. The molecule has 3 atom stereocenters. The third-order valence-electron chi connectivity index (χ3n) is 3.97. The largest absolute Gasteiger partial charge is 0.348 e. The maximum atomic E-state index is 12.2. The van der Waals surface area contributed by atoms with Crippen LogP contribution >= 0.6 is 11.3 Å². The van der Waals surface area contributed by atoms with E-state index in [-0.39, 0.29) is 18.0 Å². The maximum absolute atomic E-state index is 12.2. The molecule has 4 nitrogen and oxygen atoms in total. The van der Waals surface area contributed by atoms with Gasteiger partial charge in [-0.15, -0.1) is 11.3 Å². The van der Waals surface area contributed by atoms with Crippen LogP contribution in [-0.2, 0) is 4.79 Å². The smallest absolute Gasteiger partial charge is 0.234 e. The number of piperidine rings is 1. The van der Waals surface area contributed by atoms with Crippen molar-refractivity contribution >= 4 is 17.2 Å². The Bertz CT molecular complexity index is 419. The minimum absolute atomic E-state index is 0.0843. The van der Waals surface area contributed by atoms with Crippen molar-refractivity contribution in [3.63, 3.8) is 0 Å². The zero-order valence-electron chi connectivity index (χ0n) is 12.3. The molecular weight excluding hydrogens is 270 g/mol. The number of nitrogens with two attached hydrogens (primary N) is 1. The van der Waals surface area contributed by atoms with Gasteiger partial charge in [0.15, 0.2) is 0 Å². The number of likely N-dealkylation sites (tertiary alicyclic amines) is 1. The zero-order chi connectivity index (χ0) is 14.5. The van der Waals surface area contributed by atoms with Crippen LogP contribution in [0.1, 0.15) is 44.0 Å². The summed E-state index contributed by atoms with van der Waals surface area (Å²) >= 11 is 1.68. The summed E-state index contributed by atoms with van der Waals surface area (Å²) in [4.78, 5) is 15.6. The number of carbonyl (C=O) groups is 1. The molecule has 1 aromatic heterocycles. The van der Waals surface area contributed by atoms with Crippen LogP contribution in [0.15, 0.2) is 17.5 Å². The van der Waals surface area contributed by atoms with Crippen LogP contribution in [0.3, 0.4) is 0 Å². The second kappa shape index (κ2) is 7.20. The highest BCUT2D eigenvalue weighted by molar-refractivity contribution is 7.10. The van der Waals surface area contributed by atoms with Crippen molar-refractivity contribution in [2.45, 2.75) is 51.2 Å². The fourth-order valence-electron chi connectivity index (χ4n) is 2.89. The molecule has 3 unspecified atom stereocenters. The van der Waals surface area contributed by atoms with Gasteiger partial charge in [0.2, 0.25) is 5.91 Å². The molecule has 2 rings (SSSR count). The fraction of sp³-hybridized carbons (Fsp3) is 0.667. The normalized spacial score (nSPS) is 23.2. The topological polar surface area (TPSA) is 58.4 Å². The van der Waals surface area contributed by atoms with Crippen LogP contribution in [0, 0.1) is 0 Å². The first-order valence-corrected chi connectivity index (χ1v) is 8.28. The van der Waals surface area contributed by atoms with Gasteiger partial charge in [-0.2, -0.15) is 0 Å². The Morgan fingerprint density at radius 2 is 2.35 bits per heavy atom. The average Bonchev–Trinajstić information content (AvgIpc) is 2.92. The van der Waals surface area contributed by atoms with E-state index in [4.69, 9.17) is 5.73 Å². The summed E-state index contributed by atoms with van der Waals surface area (Å²) in [6, 6.07) is 4.62. The lowest BCUT2D eigenvalue weighted by Gasteiger charge is -2.37. The van der Waals surface area contributed by atoms with Gasteiger partial charge in [-0.3, -0.25) is 9.69 Å². The van der Waals surface area contributed by atoms with E-state index in [1.165, 1.54) is 11.3 Å². The third kappa shape index (κ3) is 4.04. The Balaban J connectivity index is 1.86. The van der Waals surface area contributed by atoms with Crippen molar-refractivity contribution in [3.8, 4) is 0 Å². The van der Waals surface area contributed by atoms with Gasteiger partial charge in [-0.1, -0.05) is 12.5 Å². The number of rotatable bonds is 5. The van der Waals surface area contributed by atoms with Crippen LogP contribution in [0.5, 0.6) is 0 Å². The van der Waals surface area contributed by atoms with Crippen LogP contribution in [0.2, 0.25) is 0 Å². The Morgan fingerprint density at radius 3 is 3.00 bits per heavy atom. The molecule has 20 heavy (non-hydrogen) atoms. The highest BCUT2D eigenvalue weighted by Gasteiger charge is 2.27. The van der Waals surface area contributed by atoms with Crippen molar-refractivity contribution in [1.29, 1.82) is 0 Å². The van der Waals surface area contributed by atoms with Gasteiger partial charge in [-0.05, 0) is 44.7 Å². The molecule has 1 aromatic rings. The summed E-state index contributed by atoms with van der Waals surface area (Å²) in [7, 11) is 0. The monoisotopic (exact) mass is 295 g/mol. The van der Waals surface area contributed by atoms with Crippen molar-refractivity contribution in [2.24, 2.45) is 5.73 Å². The molecule has 5 heteroatoms. The van der Waals surface area contributed by atoms with E-state index in [2.05, 4.69) is 16.3 Å². The van der Waals surface area contributed by atoms with Gasteiger partial charge in [0.25, 0.3) is 0 Å². The van der Waals surface area contributed by atoms with Crippen LogP contribution in [0.25, 0.3) is 0 Å². The molecular formula is C15H25N3OS. The Labute approximate surface area is 125 Å². The molecule has 3 N–H and O–H groups in total. The van der Waals surface area contributed by atoms with Crippen LogP contribution < -0.4 is 11.1 Å². The summed E-state index contributed by atoms with van der Waals surface area (Å²) in [6.07, 6.45) is 3.48. The summed E-state index contributed by atoms with van der Waals surface area (Å²) in [5.41, 5.74) is 6.04. The Morgan fingerprint density at radius 1 is 1.55 bits per heavy atom. The summed E-state index contributed by atoms with van der Waals surface area (Å²) < 4.78 is 0. The molecule has 112 valence electrons. The number of thiophene rings is 1. The molecule has 0 aliphatic carbocycles. The zero-order valence-corrected chi connectivity index (χ0v) is 13.2. The number of amides is 1. The Hall–Kier alpha value is -0.910. The van der Waals surface area contributed by atoms with E-state index in [0.29, 0.717) is 12.6 Å². The highest BCUT2D eigenvalue weighted by atomic mass is 32.1. The first-order chi connectivity index (χ1) is 9.58. The van der Waals surface area contributed by atoms with Crippen LogP contribution in [-0.4, -0.2) is 36.0 Å². The van der Waals surface area contributed by atoms with E-state index in [9.17, 15) is 4.79 Å². The molecule has 1 fully saturated rings. The predicted molar refractivity (Wildman–Crippen MR) is 83.7 cm³/mol. The maximum Gasteiger partial charge on any atom is 0.234 e. The van der Waals surface area contributed by atoms with Gasteiger partial charge in [-0.25, -0.2) is 0 Å². The average molecular weight is 295 g/mol. The van der Waals surface area contributed by atoms with E-state index in [0.717, 1.165) is 19.4 Å². The first kappa shape index (κ1) is 15.5. The van der Waals surface area contributed by atoms with Gasteiger partial charge in [0.05, 0.1) is 12.6 Å². The van der Waals surface area contributed by atoms with Gasteiger partial charge >= 0.3 is 0 Å². The van der Waals surface area contributed by atoms with Gasteiger partial charge in [0.1, 0.15) is 0 Å². The van der Waals surface area contributed by atoms with Crippen LogP contribution in [0.4, 0.5) is 0 Å². The minimum atomic E-state index is 0.0843. The second-order valence-electron chi connectivity index (χ2n) is 5.70. The van der Waals surface area contributed by atoms with Crippen molar-refractivity contribution in [3.05, 3.63) is 22.4 Å². The number of carbonyl (C=O) groups excluding carboxylic acids is 1. The van der Waals surface area contributed by atoms with Crippen molar-refractivity contribution in [1.82, 2.24) is 10.2 Å². The molecule has 0 aromatic carbocycles. The molecule has 0 radical (unpaired) electrons. The number of hydrogen-bond donors (Lipinski definition) is 2. The molecule has 1 aliphatic rings. The van der Waals surface area contributed by atoms with E-state index in [1.807, 2.05) is 25.3 Å². The van der Waals surface area contributed by atoms with Gasteiger partial charge < -0.3 is 11.1 Å². The quantitative estimate of drug-likeness (QED) is 0.875. The predicted octanol–water partition coefficient (Wildman–Crippen LogP) is 2.13. The number of nitrogens with zero attached hydrogens (tertiary/aromatic N) is 1. The highest BCUT2D eigenvalue weighted by Crippen LogP contribution is 2.20. The first-order valence-electron chi connectivity index (χ1n) is 7.40. The molecule has 0 bridgehead atoms. The summed E-state index contributed by atoms with van der Waals surface area (Å²) in [5, 5.41) is 5.11. The molecule has 1 saturated heterocycles. The van der Waals surface area contributed by atoms with Crippen molar-refractivity contribution < 1.29 is 4.79 Å². The summed E-state index contributed by atoms with van der Waals surface area (Å²) in [5.74, 6) is 0.0958. The van der Waals surface area contributed by atoms with Crippen molar-refractivity contribution in [2.75, 3.05) is 13.1 Å². The van der Waals surface area contributed by atoms with Gasteiger partial charge in [0, 0.05) is 17.0 Å². The van der Waals surface area contributed by atoms with E-state index < -0.39 is 0 Å². The fourth-order valence-corrected chi connectivity index (χ4v) is 3.62. The molecule has 1 aliphatic heterocycles. The lowest BCUT2D eigenvalue weighted by molar-refractivity contribution is -0.123. The molecule has 0 saturated carbocycles. The minimum Gasteiger partial charge on any atom is -0.348 e. The van der Waals surface area contributed by atoms with E-state index >= 15 is 0 Å². The summed E-state index contributed by atoms with van der Waals surface area (Å²) in [6.45, 7) is 5.51. The standard InChI is InChI=1S/C15H25N3OS/c1-11(16)13-6-3-4-8-18(13)10-15(19)17-12(2)14-7-5-9-20-14/h5,7,9,11-13H,3-4,6,8,10,16H2,1-2H3,(H,17,19). The number of nitrogens with one attached hydrogen (secondary N) is 1. The molecule has 2 heterocycles. The van der Waals surface area contributed by atoms with E-state index in [1.54, 1.807) is 11.3 Å². The second-order valence-corrected chi connectivity index (χ2v) is 6.68. The molecule has 1 amide bonds. The lowest BCUT2D eigenvalue weighted by atomic mass is 9.97. The lowest BCUT2D eigenvalue weighted by Crippen LogP contribution is -2.52. The third-order valence-corrected chi connectivity index (χ3v) is 5.02. The molecule has 0 spiro atoms. The SMILES string of the molecule is CC(NC(=O)CN1CCCCC1C(C)N)c1cccs1. The number of hydrogen-bond acceptors (Lipinski definition) is 4.